The van der Waals surface area contributed by atoms with Gasteiger partial charge in [0.25, 0.3) is 0 Å². The summed E-state index contributed by atoms with van der Waals surface area (Å²) in [4.78, 5) is 13.8. The molecular weight excluding hydrogens is 402 g/mol. The van der Waals surface area contributed by atoms with Crippen molar-refractivity contribution in [3.05, 3.63) is 84.4 Å². The summed E-state index contributed by atoms with van der Waals surface area (Å²) in [6.07, 6.45) is 4.56. The molecule has 0 aliphatic heterocycles. The molecule has 1 aromatic carbocycles. The third-order valence-electron chi connectivity index (χ3n) is 4.32. The van der Waals surface area contributed by atoms with Gasteiger partial charge in [-0.15, -0.1) is 5.52 Å². The fourth-order valence-electron chi connectivity index (χ4n) is 3.07. The van der Waals surface area contributed by atoms with Crippen LogP contribution in [0.25, 0.3) is 22.2 Å². The van der Waals surface area contributed by atoms with Gasteiger partial charge in [-0.2, -0.15) is 6.20 Å². The van der Waals surface area contributed by atoms with E-state index in [9.17, 15) is 0 Å². The third-order valence-corrected chi connectivity index (χ3v) is 4.32. The summed E-state index contributed by atoms with van der Waals surface area (Å²) in [6.45, 7) is 2.19. The molecule has 0 spiro atoms. The fraction of sp³-hybridized carbons (Fsp3) is 0.143. The van der Waals surface area contributed by atoms with Crippen molar-refractivity contribution in [2.24, 2.45) is 0 Å². The van der Waals surface area contributed by atoms with Crippen molar-refractivity contribution in [3.8, 4) is 11.3 Å². The minimum absolute atomic E-state index is 0. The molecule has 3 aromatic heterocycles. The van der Waals surface area contributed by atoms with Gasteiger partial charge in [0.15, 0.2) is 0 Å². The van der Waals surface area contributed by atoms with E-state index in [0.717, 1.165) is 40.0 Å². The van der Waals surface area contributed by atoms with Crippen LogP contribution in [0.2, 0.25) is 0 Å². The van der Waals surface area contributed by atoms with E-state index < -0.39 is 0 Å². The molecule has 25 heavy (non-hydrogen) atoms. The molecule has 0 saturated carbocycles. The average Bonchev–Trinajstić information content (AvgIpc) is 3.11. The maximum atomic E-state index is 4.87. The van der Waals surface area contributed by atoms with Crippen LogP contribution in [0.15, 0.2) is 73.1 Å². The SMILES string of the molecule is CC(Cc1cccc(-c2cccc3cc[n-]c23)n1)c1ccccn1.[Ag+]. The van der Waals surface area contributed by atoms with E-state index in [2.05, 4.69) is 59.4 Å². The van der Waals surface area contributed by atoms with Crippen molar-refractivity contribution < 1.29 is 22.4 Å². The summed E-state index contributed by atoms with van der Waals surface area (Å²) in [6, 6.07) is 20.5. The third kappa shape index (κ3) is 3.74. The van der Waals surface area contributed by atoms with Gasteiger partial charge in [-0.1, -0.05) is 43.3 Å². The molecule has 0 aliphatic rings. The number of fused-ring (bicyclic) bond motifs is 1. The van der Waals surface area contributed by atoms with Gasteiger partial charge in [-0.05, 0) is 41.6 Å². The van der Waals surface area contributed by atoms with Crippen LogP contribution in [0.1, 0.15) is 24.2 Å². The van der Waals surface area contributed by atoms with Crippen LogP contribution in [0, 0.1) is 0 Å². The van der Waals surface area contributed by atoms with Crippen LogP contribution in [-0.2, 0) is 28.8 Å². The average molecular weight is 420 g/mol. The predicted molar refractivity (Wildman–Crippen MR) is 96.9 cm³/mol. The molecule has 3 nitrogen and oxygen atoms in total. The zero-order valence-electron chi connectivity index (χ0n) is 13.9. The first-order valence-electron chi connectivity index (χ1n) is 8.19. The molecular formula is C21H18AgN3. The number of aromatic nitrogens is 3. The van der Waals surface area contributed by atoms with Crippen molar-refractivity contribution in [3.63, 3.8) is 0 Å². The van der Waals surface area contributed by atoms with Crippen LogP contribution in [0.3, 0.4) is 0 Å². The van der Waals surface area contributed by atoms with E-state index in [1.54, 1.807) is 0 Å². The largest absolute Gasteiger partial charge is 1.00 e. The Hall–Kier alpha value is -2.20. The first kappa shape index (κ1) is 17.6. The van der Waals surface area contributed by atoms with Crippen LogP contribution < -0.4 is 4.98 Å². The fourth-order valence-corrected chi connectivity index (χ4v) is 3.07. The van der Waals surface area contributed by atoms with Gasteiger partial charge in [0.2, 0.25) is 0 Å². The van der Waals surface area contributed by atoms with E-state index in [1.807, 2.05) is 30.6 Å². The van der Waals surface area contributed by atoms with E-state index in [-0.39, 0.29) is 22.4 Å². The molecule has 0 bridgehead atoms. The molecule has 0 aliphatic carbocycles. The van der Waals surface area contributed by atoms with E-state index >= 15 is 0 Å². The van der Waals surface area contributed by atoms with Crippen LogP contribution in [-0.4, -0.2) is 9.97 Å². The first-order chi connectivity index (χ1) is 11.8. The van der Waals surface area contributed by atoms with Crippen molar-refractivity contribution in [2.45, 2.75) is 19.3 Å². The predicted octanol–water partition coefficient (Wildman–Crippen LogP) is 4.60. The Labute approximate surface area is 163 Å². The Kier molecular flexibility index (Phi) is 5.49. The van der Waals surface area contributed by atoms with E-state index in [4.69, 9.17) is 4.98 Å². The Balaban J connectivity index is 0.00000182. The molecule has 0 saturated heterocycles. The monoisotopic (exact) mass is 419 g/mol. The first-order valence-corrected chi connectivity index (χ1v) is 8.19. The number of hydrogen-bond acceptors (Lipinski definition) is 2. The Morgan fingerprint density at radius 3 is 2.68 bits per heavy atom. The van der Waals surface area contributed by atoms with Crippen molar-refractivity contribution in [1.29, 1.82) is 0 Å². The summed E-state index contributed by atoms with van der Waals surface area (Å²) < 4.78 is 0. The van der Waals surface area contributed by atoms with Gasteiger partial charge in [-0.25, -0.2) is 0 Å². The van der Waals surface area contributed by atoms with Gasteiger partial charge < -0.3 is 4.98 Å². The Bertz CT molecular complexity index is 963. The van der Waals surface area contributed by atoms with E-state index in [1.165, 1.54) is 0 Å². The van der Waals surface area contributed by atoms with Gasteiger partial charge in [0.1, 0.15) is 0 Å². The maximum absolute atomic E-state index is 4.87. The minimum Gasteiger partial charge on any atom is -0.663 e. The zero-order chi connectivity index (χ0) is 16.4. The molecule has 1 atom stereocenters. The summed E-state index contributed by atoms with van der Waals surface area (Å²) >= 11 is 0. The smallest absolute Gasteiger partial charge is 0.663 e. The van der Waals surface area contributed by atoms with Gasteiger partial charge in [0.05, 0.1) is 5.69 Å². The quantitative estimate of drug-likeness (QED) is 0.453. The number of nitrogens with zero attached hydrogens (tertiary/aromatic N) is 3. The molecule has 1 unspecified atom stereocenters. The van der Waals surface area contributed by atoms with Gasteiger partial charge in [-0.3, -0.25) is 9.97 Å². The second-order valence-corrected chi connectivity index (χ2v) is 6.06. The molecule has 0 radical (unpaired) electrons. The zero-order valence-corrected chi connectivity index (χ0v) is 15.3. The Morgan fingerprint density at radius 2 is 1.84 bits per heavy atom. The van der Waals surface area contributed by atoms with Crippen molar-refractivity contribution >= 4 is 10.9 Å². The number of benzene rings is 1. The maximum Gasteiger partial charge on any atom is 1.00 e. The van der Waals surface area contributed by atoms with Gasteiger partial charge in [0, 0.05) is 23.5 Å². The van der Waals surface area contributed by atoms with E-state index in [0.29, 0.717) is 5.92 Å². The summed E-state index contributed by atoms with van der Waals surface area (Å²) in [5.41, 5.74) is 5.26. The molecule has 0 N–H and O–H groups in total. The van der Waals surface area contributed by atoms with Crippen LogP contribution >= 0.6 is 0 Å². The minimum atomic E-state index is 0. The van der Waals surface area contributed by atoms with Crippen LogP contribution in [0.5, 0.6) is 0 Å². The number of para-hydroxylation sites is 1. The molecule has 128 valence electrons. The van der Waals surface area contributed by atoms with Crippen molar-refractivity contribution in [1.82, 2.24) is 15.0 Å². The number of rotatable bonds is 4. The molecule has 0 fully saturated rings. The van der Waals surface area contributed by atoms with Crippen molar-refractivity contribution in [2.75, 3.05) is 0 Å². The summed E-state index contributed by atoms with van der Waals surface area (Å²) in [5, 5.41) is 1.15. The molecule has 4 rings (SSSR count). The normalized spacial score (nSPS) is 11.9. The second-order valence-electron chi connectivity index (χ2n) is 6.06. The van der Waals surface area contributed by atoms with Crippen LogP contribution in [0.4, 0.5) is 0 Å². The number of pyridine rings is 2. The molecule has 4 aromatic rings. The molecule has 0 amide bonds. The Morgan fingerprint density at radius 1 is 0.960 bits per heavy atom. The molecule has 4 heteroatoms. The second kappa shape index (κ2) is 7.79. The standard InChI is InChI=1S/C21H18N3.Ag/c1-15(19-9-2-3-12-22-19)14-17-7-5-10-20(24-17)18-8-4-6-16-11-13-23-21(16)18;/h2-13,15H,14H2,1H3;/q-1;+1. The topological polar surface area (TPSA) is 39.9 Å². The molecule has 3 heterocycles. The summed E-state index contributed by atoms with van der Waals surface area (Å²) in [7, 11) is 0. The van der Waals surface area contributed by atoms with Gasteiger partial charge >= 0.3 is 22.4 Å². The summed E-state index contributed by atoms with van der Waals surface area (Å²) in [5.74, 6) is 0.335. The number of hydrogen-bond donors (Lipinski definition) is 0.